The van der Waals surface area contributed by atoms with Gasteiger partial charge in [0.1, 0.15) is 10.7 Å². The molecule has 0 aliphatic rings. The highest BCUT2D eigenvalue weighted by Crippen LogP contribution is 2.33. The quantitative estimate of drug-likeness (QED) is 0.689. The minimum absolute atomic E-state index is 0.0511. The van der Waals surface area contributed by atoms with Crippen molar-refractivity contribution in [3.63, 3.8) is 0 Å². The number of aryl methyl sites for hydroxylation is 1. The van der Waals surface area contributed by atoms with Crippen LogP contribution in [0.5, 0.6) is 5.88 Å². The van der Waals surface area contributed by atoms with Gasteiger partial charge in [-0.2, -0.15) is 8.78 Å². The van der Waals surface area contributed by atoms with Crippen LogP contribution in [0.2, 0.25) is 0 Å². The largest absolute Gasteiger partial charge is 0.415 e. The number of fused-ring (bicyclic) bond motifs is 1. The summed E-state index contributed by atoms with van der Waals surface area (Å²) in [6, 6.07) is 6.74. The smallest absolute Gasteiger partial charge is 0.388 e. The third kappa shape index (κ3) is 3.21. The molecular weight excluding hydrogens is 340 g/mol. The molecule has 126 valence electrons. The summed E-state index contributed by atoms with van der Waals surface area (Å²) in [6.07, 6.45) is 1.53. The number of aromatic nitrogens is 3. The van der Waals surface area contributed by atoms with Crippen molar-refractivity contribution in [3.05, 3.63) is 41.6 Å². The van der Waals surface area contributed by atoms with E-state index in [2.05, 4.69) is 19.9 Å². The molecule has 0 saturated heterocycles. The van der Waals surface area contributed by atoms with Crippen LogP contribution in [0.25, 0.3) is 22.2 Å². The minimum atomic E-state index is -3.00. The predicted octanol–water partition coefficient (Wildman–Crippen LogP) is 2.65. The van der Waals surface area contributed by atoms with E-state index >= 15 is 0 Å². The lowest BCUT2D eigenvalue weighted by Gasteiger charge is -2.08. The van der Waals surface area contributed by atoms with E-state index in [-0.39, 0.29) is 11.6 Å². The Bertz CT molecular complexity index is 962. The van der Waals surface area contributed by atoms with Crippen molar-refractivity contribution in [3.8, 4) is 17.1 Å². The van der Waals surface area contributed by atoms with Gasteiger partial charge in [0.05, 0.1) is 22.3 Å². The fraction of sp³-hybridized carbons (Fsp3) is 0.200. The topological polar surface area (TPSA) is 84.9 Å². The Morgan fingerprint density at radius 3 is 2.75 bits per heavy atom. The van der Waals surface area contributed by atoms with Gasteiger partial charge in [-0.1, -0.05) is 12.1 Å². The van der Waals surface area contributed by atoms with Gasteiger partial charge in [0.25, 0.3) is 0 Å². The number of rotatable bonds is 5. The summed E-state index contributed by atoms with van der Waals surface area (Å²) in [7, 11) is -2.53. The van der Waals surface area contributed by atoms with Gasteiger partial charge in [0, 0.05) is 11.8 Å². The number of aromatic amines is 1. The highest BCUT2D eigenvalue weighted by atomic mass is 32.2. The molecule has 0 atom stereocenters. The molecule has 1 N–H and O–H groups in total. The van der Waals surface area contributed by atoms with Crippen LogP contribution in [0.15, 0.2) is 30.5 Å². The molecule has 0 saturated carbocycles. The molecule has 1 aromatic carbocycles. The number of hydrogen-bond acceptors (Lipinski definition) is 5. The zero-order valence-electron chi connectivity index (χ0n) is 12.5. The maximum Gasteiger partial charge on any atom is 0.388 e. The number of ether oxygens (including phenoxy) is 1. The van der Waals surface area contributed by atoms with Crippen molar-refractivity contribution >= 4 is 21.6 Å². The maximum absolute atomic E-state index is 12.5. The lowest BCUT2D eigenvalue weighted by atomic mass is 10.0. The molecule has 3 rings (SSSR count). The Hall–Kier alpha value is -2.55. The van der Waals surface area contributed by atoms with Gasteiger partial charge in [0.15, 0.2) is 0 Å². The summed E-state index contributed by atoms with van der Waals surface area (Å²) in [6.45, 7) is -1.22. The molecule has 0 radical (unpaired) electrons. The fourth-order valence-electron chi connectivity index (χ4n) is 2.49. The van der Waals surface area contributed by atoms with Gasteiger partial charge in [-0.3, -0.25) is 10.1 Å². The average Bonchev–Trinajstić information content (AvgIpc) is 2.91. The van der Waals surface area contributed by atoms with Crippen LogP contribution in [0.1, 0.15) is 11.1 Å². The van der Waals surface area contributed by atoms with Crippen molar-refractivity contribution in [2.24, 2.45) is 0 Å². The number of thiol groups is 1. The van der Waals surface area contributed by atoms with Crippen LogP contribution in [-0.4, -0.2) is 30.2 Å². The Balaban J connectivity index is 2.12. The summed E-state index contributed by atoms with van der Waals surface area (Å²) in [5.41, 5.74) is 3.05. The number of nitrogens with one attached hydrogen (secondary N) is 1. The van der Waals surface area contributed by atoms with E-state index in [1.807, 2.05) is 0 Å². The number of nitrogens with zero attached hydrogens (tertiary/aromatic N) is 2. The normalized spacial score (nSPS) is 11.5. The SMILES string of the molecule is Cc1cc(-c2nccc3[nH]nc(OC(F)F)c23)ccc1C[SH](=O)=O. The molecule has 0 aliphatic heterocycles. The van der Waals surface area contributed by atoms with Crippen LogP contribution < -0.4 is 4.74 Å². The van der Waals surface area contributed by atoms with Gasteiger partial charge in [-0.25, -0.2) is 8.42 Å². The first-order chi connectivity index (χ1) is 11.5. The van der Waals surface area contributed by atoms with Gasteiger partial charge in [-0.15, -0.1) is 5.10 Å². The molecular formula is C15H13F2N3O3S. The monoisotopic (exact) mass is 353 g/mol. The fourth-order valence-corrected chi connectivity index (χ4v) is 3.12. The second-order valence-electron chi connectivity index (χ2n) is 5.12. The molecule has 0 amide bonds. The highest BCUT2D eigenvalue weighted by Gasteiger charge is 2.17. The van der Waals surface area contributed by atoms with Crippen LogP contribution in [0, 0.1) is 6.92 Å². The van der Waals surface area contributed by atoms with Crippen molar-refractivity contribution in [2.75, 3.05) is 0 Å². The summed E-state index contributed by atoms with van der Waals surface area (Å²) in [4.78, 5) is 4.24. The molecule has 0 bridgehead atoms. The van der Waals surface area contributed by atoms with Crippen molar-refractivity contribution in [1.29, 1.82) is 0 Å². The number of benzene rings is 1. The lowest BCUT2D eigenvalue weighted by Crippen LogP contribution is -2.02. The molecule has 0 aliphatic carbocycles. The molecule has 24 heavy (non-hydrogen) atoms. The van der Waals surface area contributed by atoms with Gasteiger partial charge in [-0.05, 0) is 30.2 Å². The summed E-state index contributed by atoms with van der Waals surface area (Å²) in [5, 5.41) is 6.73. The summed E-state index contributed by atoms with van der Waals surface area (Å²) in [5.74, 6) is -0.280. The average molecular weight is 353 g/mol. The Morgan fingerprint density at radius 1 is 1.29 bits per heavy atom. The molecule has 2 aromatic heterocycles. The first-order valence-corrected chi connectivity index (χ1v) is 8.31. The molecule has 0 unspecified atom stereocenters. The molecule has 0 fully saturated rings. The Labute approximate surface area is 137 Å². The molecule has 3 aromatic rings. The molecule has 9 heteroatoms. The second kappa shape index (κ2) is 6.52. The van der Waals surface area contributed by atoms with Crippen LogP contribution in [0.3, 0.4) is 0 Å². The van der Waals surface area contributed by atoms with E-state index in [1.165, 1.54) is 6.20 Å². The molecule has 2 heterocycles. The van der Waals surface area contributed by atoms with E-state index in [0.29, 0.717) is 27.7 Å². The van der Waals surface area contributed by atoms with Crippen LogP contribution in [0.4, 0.5) is 8.78 Å². The second-order valence-corrected chi connectivity index (χ2v) is 6.10. The van der Waals surface area contributed by atoms with E-state index in [9.17, 15) is 17.2 Å². The molecule has 0 spiro atoms. The lowest BCUT2D eigenvalue weighted by molar-refractivity contribution is -0.0518. The maximum atomic E-state index is 12.5. The number of hydrogen-bond donors (Lipinski definition) is 2. The zero-order valence-corrected chi connectivity index (χ0v) is 13.4. The van der Waals surface area contributed by atoms with Gasteiger partial charge >= 0.3 is 6.61 Å². The Kier molecular flexibility index (Phi) is 4.43. The van der Waals surface area contributed by atoms with Crippen molar-refractivity contribution in [2.45, 2.75) is 19.3 Å². The third-order valence-corrected chi connectivity index (χ3v) is 4.16. The van der Waals surface area contributed by atoms with E-state index in [0.717, 1.165) is 5.56 Å². The first-order valence-electron chi connectivity index (χ1n) is 6.95. The van der Waals surface area contributed by atoms with Crippen LogP contribution in [-0.2, 0) is 16.5 Å². The Morgan fingerprint density at radius 2 is 2.08 bits per heavy atom. The standard InChI is InChI=1S/C15H13F2N3O3S/c1-8-6-9(2-3-10(8)7-24(21)22)13-12-11(4-5-18-13)19-20-14(12)23-15(16)17/h2-6,15,24H,7H2,1H3,(H,19,20). The van der Waals surface area contributed by atoms with Crippen molar-refractivity contribution in [1.82, 2.24) is 15.2 Å². The van der Waals surface area contributed by atoms with Crippen LogP contribution >= 0.6 is 0 Å². The van der Waals surface area contributed by atoms with Gasteiger partial charge in [0.2, 0.25) is 5.88 Å². The molecule has 6 nitrogen and oxygen atoms in total. The van der Waals surface area contributed by atoms with E-state index in [4.69, 9.17) is 0 Å². The zero-order chi connectivity index (χ0) is 17.3. The first kappa shape index (κ1) is 16.3. The highest BCUT2D eigenvalue weighted by molar-refractivity contribution is 7.71. The summed E-state index contributed by atoms with van der Waals surface area (Å²) < 4.78 is 51.3. The summed E-state index contributed by atoms with van der Waals surface area (Å²) >= 11 is 0. The van der Waals surface area contributed by atoms with E-state index in [1.54, 1.807) is 31.2 Å². The predicted molar refractivity (Wildman–Crippen MR) is 84.7 cm³/mol. The van der Waals surface area contributed by atoms with Crippen molar-refractivity contribution < 1.29 is 21.9 Å². The number of alkyl halides is 2. The number of halogens is 2. The number of pyridine rings is 1. The van der Waals surface area contributed by atoms with E-state index < -0.39 is 17.3 Å². The minimum Gasteiger partial charge on any atom is -0.415 e. The third-order valence-electron chi connectivity index (χ3n) is 3.56. The van der Waals surface area contributed by atoms with Gasteiger partial charge < -0.3 is 4.74 Å². The number of H-pyrrole nitrogens is 1.